The Morgan fingerprint density at radius 2 is 1.46 bits per heavy atom. The molecule has 1 aliphatic heterocycles. The van der Waals surface area contributed by atoms with Gasteiger partial charge in [0.25, 0.3) is 5.60 Å². The van der Waals surface area contributed by atoms with Crippen molar-refractivity contribution in [3.05, 3.63) is 0 Å². The number of hydrogen-bond donors (Lipinski definition) is 0. The van der Waals surface area contributed by atoms with Crippen molar-refractivity contribution in [3.63, 3.8) is 0 Å². The number of epoxide rings is 1. The molecule has 0 aliphatic carbocycles. The molecule has 1 rings (SSSR count). The van der Waals surface area contributed by atoms with Crippen LogP contribution < -0.4 is 0 Å². The van der Waals surface area contributed by atoms with E-state index >= 15 is 0 Å². The summed E-state index contributed by atoms with van der Waals surface area (Å²) in [5.74, 6) is 0. The maximum atomic E-state index is 12.0. The third-order valence-electron chi connectivity index (χ3n) is 1.94. The molecule has 0 spiro atoms. The minimum atomic E-state index is -5.38. The minimum absolute atomic E-state index is 0.307. The maximum Gasteiger partial charge on any atom is 0.429 e. The predicted octanol–water partition coefficient (Wildman–Crippen LogP) is 2.66. The van der Waals surface area contributed by atoms with Crippen LogP contribution in [0.3, 0.4) is 0 Å². The zero-order valence-corrected chi connectivity index (χ0v) is 6.46. The topological polar surface area (TPSA) is 12.5 Å². The van der Waals surface area contributed by atoms with Gasteiger partial charge in [0.05, 0.1) is 0 Å². The van der Waals surface area contributed by atoms with Gasteiger partial charge in [-0.05, 0) is 6.42 Å². The summed E-state index contributed by atoms with van der Waals surface area (Å²) in [7, 11) is 0. The Kier molecular flexibility index (Phi) is 2.06. The van der Waals surface area contributed by atoms with Crippen molar-refractivity contribution < 1.29 is 31.1 Å². The second-order valence-electron chi connectivity index (χ2n) is 2.75. The van der Waals surface area contributed by atoms with E-state index in [1.807, 2.05) is 0 Å². The summed E-state index contributed by atoms with van der Waals surface area (Å²) < 4.78 is 75.6. The van der Waals surface area contributed by atoms with Gasteiger partial charge in [-0.1, -0.05) is 6.92 Å². The summed E-state index contributed by atoms with van der Waals surface area (Å²) in [5, 5.41) is 0. The lowest BCUT2D eigenvalue weighted by Crippen LogP contribution is -2.48. The molecular weight excluding hydrogens is 202 g/mol. The molecule has 0 amide bonds. The van der Waals surface area contributed by atoms with E-state index in [-0.39, 0.29) is 6.42 Å². The Labute approximate surface area is 69.7 Å². The SMILES string of the molecule is CC[C@@H]1OC1(C(F)(F)F)C(F)(F)F. The first-order valence-electron chi connectivity index (χ1n) is 3.48. The highest BCUT2D eigenvalue weighted by Crippen LogP contribution is 2.59. The van der Waals surface area contributed by atoms with Crippen LogP contribution in [0.2, 0.25) is 0 Å². The molecule has 13 heavy (non-hydrogen) atoms. The number of alkyl halides is 6. The average molecular weight is 208 g/mol. The third kappa shape index (κ3) is 1.29. The minimum Gasteiger partial charge on any atom is -0.349 e. The molecule has 0 aromatic heterocycles. The summed E-state index contributed by atoms with van der Waals surface area (Å²) in [6, 6.07) is 0. The van der Waals surface area contributed by atoms with Crippen molar-refractivity contribution in [2.24, 2.45) is 0 Å². The first kappa shape index (κ1) is 10.6. The van der Waals surface area contributed by atoms with Gasteiger partial charge < -0.3 is 4.74 Å². The van der Waals surface area contributed by atoms with Crippen LogP contribution in [-0.2, 0) is 4.74 Å². The quantitative estimate of drug-likeness (QED) is 0.476. The van der Waals surface area contributed by atoms with Gasteiger partial charge in [0.2, 0.25) is 0 Å². The monoisotopic (exact) mass is 208 g/mol. The summed E-state index contributed by atoms with van der Waals surface area (Å²) >= 11 is 0. The molecular formula is C6H6F6O. The first-order valence-corrected chi connectivity index (χ1v) is 3.48. The molecule has 78 valence electrons. The van der Waals surface area contributed by atoms with Crippen LogP contribution in [0.15, 0.2) is 0 Å². The third-order valence-corrected chi connectivity index (χ3v) is 1.94. The van der Waals surface area contributed by atoms with E-state index in [4.69, 9.17) is 0 Å². The van der Waals surface area contributed by atoms with E-state index in [9.17, 15) is 26.3 Å². The zero-order valence-electron chi connectivity index (χ0n) is 6.46. The second kappa shape index (κ2) is 2.52. The van der Waals surface area contributed by atoms with Gasteiger partial charge in [-0.25, -0.2) is 0 Å². The van der Waals surface area contributed by atoms with E-state index < -0.39 is 24.1 Å². The smallest absolute Gasteiger partial charge is 0.349 e. The van der Waals surface area contributed by atoms with E-state index in [1.54, 1.807) is 0 Å². The van der Waals surface area contributed by atoms with Gasteiger partial charge in [-0.3, -0.25) is 0 Å². The van der Waals surface area contributed by atoms with Gasteiger partial charge in [-0.2, -0.15) is 26.3 Å². The zero-order chi connectivity index (χ0) is 10.5. The number of hydrogen-bond acceptors (Lipinski definition) is 1. The number of ether oxygens (including phenoxy) is 1. The molecule has 1 atom stereocenters. The lowest BCUT2D eigenvalue weighted by atomic mass is 10.0. The van der Waals surface area contributed by atoms with E-state index in [0.717, 1.165) is 0 Å². The Hall–Kier alpha value is -0.460. The van der Waals surface area contributed by atoms with Crippen LogP contribution in [0.25, 0.3) is 0 Å². The molecule has 1 aliphatic rings. The average Bonchev–Trinajstić information content (AvgIpc) is 2.57. The molecule has 0 saturated carbocycles. The summed E-state index contributed by atoms with van der Waals surface area (Å²) in [6.07, 6.45) is -12.9. The first-order chi connectivity index (χ1) is 5.67. The van der Waals surface area contributed by atoms with Crippen LogP contribution in [0, 0.1) is 0 Å². The largest absolute Gasteiger partial charge is 0.429 e. The fourth-order valence-electron chi connectivity index (χ4n) is 1.22. The Balaban J connectivity index is 2.95. The molecule has 1 fully saturated rings. The molecule has 7 heteroatoms. The van der Waals surface area contributed by atoms with E-state index in [2.05, 4.69) is 4.74 Å². The molecule has 0 unspecified atom stereocenters. The lowest BCUT2D eigenvalue weighted by molar-refractivity contribution is -0.292. The maximum absolute atomic E-state index is 12.0. The standard InChI is InChI=1S/C6H6F6O/c1-2-3-4(13-3,5(7,8)9)6(10,11)12/h3H,2H2,1H3/t3-/m0/s1. The molecule has 1 saturated heterocycles. The summed E-state index contributed by atoms with van der Waals surface area (Å²) in [6.45, 7) is 1.21. The van der Waals surface area contributed by atoms with Crippen molar-refractivity contribution in [2.45, 2.75) is 37.4 Å². The Morgan fingerprint density at radius 1 is 1.08 bits per heavy atom. The van der Waals surface area contributed by atoms with Crippen LogP contribution in [0.1, 0.15) is 13.3 Å². The number of halogens is 6. The van der Waals surface area contributed by atoms with Crippen molar-refractivity contribution in [2.75, 3.05) is 0 Å². The molecule has 0 aromatic rings. The van der Waals surface area contributed by atoms with Crippen molar-refractivity contribution in [3.8, 4) is 0 Å². The van der Waals surface area contributed by atoms with Gasteiger partial charge in [0.15, 0.2) is 0 Å². The predicted molar refractivity (Wildman–Crippen MR) is 30.0 cm³/mol. The molecule has 0 radical (unpaired) electrons. The van der Waals surface area contributed by atoms with Crippen LogP contribution >= 0.6 is 0 Å². The highest BCUT2D eigenvalue weighted by Gasteiger charge is 2.85. The molecule has 0 bridgehead atoms. The van der Waals surface area contributed by atoms with Crippen LogP contribution in [-0.4, -0.2) is 24.1 Å². The van der Waals surface area contributed by atoms with Crippen molar-refractivity contribution >= 4 is 0 Å². The Morgan fingerprint density at radius 3 is 1.54 bits per heavy atom. The van der Waals surface area contributed by atoms with Gasteiger partial charge in [0.1, 0.15) is 6.10 Å². The molecule has 0 aromatic carbocycles. The fraction of sp³-hybridized carbons (Fsp3) is 1.00. The summed E-state index contributed by atoms with van der Waals surface area (Å²) in [4.78, 5) is 0. The molecule has 1 heterocycles. The molecule has 1 nitrogen and oxygen atoms in total. The van der Waals surface area contributed by atoms with E-state index in [0.29, 0.717) is 0 Å². The highest BCUT2D eigenvalue weighted by atomic mass is 19.4. The van der Waals surface area contributed by atoms with Crippen molar-refractivity contribution in [1.82, 2.24) is 0 Å². The van der Waals surface area contributed by atoms with Crippen LogP contribution in [0.4, 0.5) is 26.3 Å². The number of rotatable bonds is 1. The second-order valence-corrected chi connectivity index (χ2v) is 2.75. The summed E-state index contributed by atoms with van der Waals surface area (Å²) in [5.41, 5.74) is -3.91. The normalized spacial score (nSPS) is 27.5. The fourth-order valence-corrected chi connectivity index (χ4v) is 1.22. The van der Waals surface area contributed by atoms with Gasteiger partial charge in [0, 0.05) is 0 Å². The van der Waals surface area contributed by atoms with Crippen LogP contribution in [0.5, 0.6) is 0 Å². The highest BCUT2D eigenvalue weighted by molar-refractivity contribution is 5.12. The van der Waals surface area contributed by atoms with Crippen molar-refractivity contribution in [1.29, 1.82) is 0 Å². The van der Waals surface area contributed by atoms with Gasteiger partial charge in [-0.15, -0.1) is 0 Å². The molecule has 0 N–H and O–H groups in total. The lowest BCUT2D eigenvalue weighted by Gasteiger charge is -2.19. The van der Waals surface area contributed by atoms with E-state index in [1.165, 1.54) is 6.92 Å². The Bertz CT molecular complexity index is 190. The van der Waals surface area contributed by atoms with Gasteiger partial charge >= 0.3 is 12.4 Å².